The zero-order chi connectivity index (χ0) is 14.7. The van der Waals surface area contributed by atoms with Crippen LogP contribution < -0.4 is 10.1 Å². The second-order valence-electron chi connectivity index (χ2n) is 5.66. The van der Waals surface area contributed by atoms with Gasteiger partial charge < -0.3 is 10.1 Å². The van der Waals surface area contributed by atoms with Crippen molar-refractivity contribution in [2.75, 3.05) is 7.11 Å². The topological polar surface area (TPSA) is 34.1 Å². The van der Waals surface area contributed by atoms with Crippen molar-refractivity contribution in [1.29, 1.82) is 0 Å². The van der Waals surface area contributed by atoms with Crippen molar-refractivity contribution in [2.45, 2.75) is 38.3 Å². The Balaban J connectivity index is 1.77. The van der Waals surface area contributed by atoms with Crippen molar-refractivity contribution < 1.29 is 4.74 Å². The van der Waals surface area contributed by atoms with E-state index < -0.39 is 0 Å². The molecule has 0 aliphatic heterocycles. The monoisotopic (exact) mass is 282 g/mol. The van der Waals surface area contributed by atoms with Crippen molar-refractivity contribution in [3.63, 3.8) is 0 Å². The van der Waals surface area contributed by atoms with Gasteiger partial charge >= 0.3 is 0 Å². The lowest BCUT2D eigenvalue weighted by molar-refractivity contribution is 0.399. The molecule has 1 heterocycles. The molecule has 1 N–H and O–H groups in total. The number of aromatic nitrogens is 1. The predicted octanol–water partition coefficient (Wildman–Crippen LogP) is 3.82. The summed E-state index contributed by atoms with van der Waals surface area (Å²) in [5.41, 5.74) is 3.86. The normalized spacial score (nSPS) is 18.9. The summed E-state index contributed by atoms with van der Waals surface area (Å²) < 4.78 is 5.31. The van der Waals surface area contributed by atoms with E-state index in [-0.39, 0.29) is 6.04 Å². The lowest BCUT2D eigenvalue weighted by Gasteiger charge is -2.28. The minimum atomic E-state index is 0.276. The number of aryl methyl sites for hydroxylation is 1. The minimum absolute atomic E-state index is 0.276. The molecule has 0 fully saturated rings. The van der Waals surface area contributed by atoms with Gasteiger partial charge in [0.05, 0.1) is 18.8 Å². The Morgan fingerprint density at radius 1 is 1.29 bits per heavy atom. The van der Waals surface area contributed by atoms with Crippen LogP contribution in [0.3, 0.4) is 0 Å². The summed E-state index contributed by atoms with van der Waals surface area (Å²) in [4.78, 5) is 4.59. The lowest BCUT2D eigenvalue weighted by Crippen LogP contribution is -2.28. The van der Waals surface area contributed by atoms with E-state index in [1.165, 1.54) is 23.2 Å². The molecule has 3 heteroatoms. The number of fused-ring (bicyclic) bond motifs is 1. The van der Waals surface area contributed by atoms with Gasteiger partial charge in [-0.15, -0.1) is 0 Å². The van der Waals surface area contributed by atoms with Crippen LogP contribution in [0.25, 0.3) is 0 Å². The number of methoxy groups -OCH3 is 1. The highest BCUT2D eigenvalue weighted by Gasteiger charge is 2.22. The summed E-state index contributed by atoms with van der Waals surface area (Å²) in [6, 6.07) is 13.1. The Morgan fingerprint density at radius 2 is 2.19 bits per heavy atom. The van der Waals surface area contributed by atoms with Crippen LogP contribution in [-0.4, -0.2) is 12.1 Å². The molecular weight excluding hydrogens is 260 g/mol. The molecule has 0 radical (unpaired) electrons. The standard InChI is InChI=1S/C18H22N2O/c1-13(15-7-3-9-16(12-15)21-2)20-17-10-4-6-14-8-5-11-19-18(14)17/h3,5,7-9,11-13,17,20H,4,6,10H2,1-2H3. The molecule has 0 spiro atoms. The highest BCUT2D eigenvalue weighted by atomic mass is 16.5. The molecule has 2 atom stereocenters. The first kappa shape index (κ1) is 14.1. The van der Waals surface area contributed by atoms with E-state index >= 15 is 0 Å². The zero-order valence-electron chi connectivity index (χ0n) is 12.7. The summed E-state index contributed by atoms with van der Waals surface area (Å²) in [6.45, 7) is 2.20. The molecule has 0 saturated heterocycles. The molecule has 0 bridgehead atoms. The largest absolute Gasteiger partial charge is 0.497 e. The molecule has 21 heavy (non-hydrogen) atoms. The van der Waals surface area contributed by atoms with Crippen LogP contribution in [0.5, 0.6) is 5.75 Å². The minimum Gasteiger partial charge on any atom is -0.497 e. The Morgan fingerprint density at radius 3 is 3.05 bits per heavy atom. The van der Waals surface area contributed by atoms with Crippen molar-refractivity contribution >= 4 is 0 Å². The van der Waals surface area contributed by atoms with Gasteiger partial charge in [0.2, 0.25) is 0 Å². The number of pyridine rings is 1. The molecule has 1 aromatic heterocycles. The lowest BCUT2D eigenvalue weighted by atomic mass is 9.91. The number of hydrogen-bond donors (Lipinski definition) is 1. The van der Waals surface area contributed by atoms with E-state index in [1.807, 2.05) is 24.4 Å². The summed E-state index contributed by atoms with van der Waals surface area (Å²) in [7, 11) is 1.71. The van der Waals surface area contributed by atoms with E-state index in [9.17, 15) is 0 Å². The van der Waals surface area contributed by atoms with Crippen molar-refractivity contribution in [3.05, 3.63) is 59.4 Å². The second kappa shape index (κ2) is 6.27. The first-order chi connectivity index (χ1) is 10.3. The van der Waals surface area contributed by atoms with E-state index in [0.29, 0.717) is 6.04 Å². The van der Waals surface area contributed by atoms with Gasteiger partial charge in [0.15, 0.2) is 0 Å². The van der Waals surface area contributed by atoms with E-state index in [4.69, 9.17) is 4.74 Å². The fraction of sp³-hybridized carbons (Fsp3) is 0.389. The molecule has 0 saturated carbocycles. The highest BCUT2D eigenvalue weighted by Crippen LogP contribution is 2.30. The molecule has 1 aromatic carbocycles. The molecule has 0 amide bonds. The van der Waals surface area contributed by atoms with Crippen LogP contribution in [0.1, 0.15) is 48.7 Å². The maximum absolute atomic E-state index is 5.31. The third kappa shape index (κ3) is 3.08. The average molecular weight is 282 g/mol. The third-order valence-electron chi connectivity index (χ3n) is 4.24. The van der Waals surface area contributed by atoms with Gasteiger partial charge in [0.25, 0.3) is 0 Å². The van der Waals surface area contributed by atoms with Crippen LogP contribution in [0.2, 0.25) is 0 Å². The van der Waals surface area contributed by atoms with Gasteiger partial charge in [-0.3, -0.25) is 4.98 Å². The number of nitrogens with one attached hydrogen (secondary N) is 1. The third-order valence-corrected chi connectivity index (χ3v) is 4.24. The van der Waals surface area contributed by atoms with Crippen LogP contribution in [0, 0.1) is 0 Å². The van der Waals surface area contributed by atoms with Gasteiger partial charge in [-0.25, -0.2) is 0 Å². The van der Waals surface area contributed by atoms with Gasteiger partial charge in [-0.05, 0) is 55.5 Å². The van der Waals surface area contributed by atoms with Crippen LogP contribution in [-0.2, 0) is 6.42 Å². The van der Waals surface area contributed by atoms with Crippen molar-refractivity contribution in [3.8, 4) is 5.75 Å². The second-order valence-corrected chi connectivity index (χ2v) is 5.66. The maximum Gasteiger partial charge on any atom is 0.119 e. The molecule has 2 aromatic rings. The molecule has 110 valence electrons. The van der Waals surface area contributed by atoms with Crippen LogP contribution >= 0.6 is 0 Å². The summed E-state index contributed by atoms with van der Waals surface area (Å²) in [6.07, 6.45) is 5.42. The fourth-order valence-electron chi connectivity index (χ4n) is 3.08. The van der Waals surface area contributed by atoms with Crippen LogP contribution in [0.4, 0.5) is 0 Å². The SMILES string of the molecule is COc1cccc(C(C)NC2CCCc3cccnc32)c1. The first-order valence-electron chi connectivity index (χ1n) is 7.61. The highest BCUT2D eigenvalue weighted by molar-refractivity contribution is 5.31. The average Bonchev–Trinajstić information content (AvgIpc) is 2.55. The molecule has 1 aliphatic rings. The Kier molecular flexibility index (Phi) is 4.20. The number of nitrogens with zero attached hydrogens (tertiary/aromatic N) is 1. The first-order valence-corrected chi connectivity index (χ1v) is 7.61. The molecular formula is C18H22N2O. The maximum atomic E-state index is 5.31. The van der Waals surface area contributed by atoms with Crippen molar-refractivity contribution in [1.82, 2.24) is 10.3 Å². The molecule has 3 nitrogen and oxygen atoms in total. The fourth-order valence-corrected chi connectivity index (χ4v) is 3.08. The van der Waals surface area contributed by atoms with Crippen molar-refractivity contribution in [2.24, 2.45) is 0 Å². The quantitative estimate of drug-likeness (QED) is 0.925. The van der Waals surface area contributed by atoms with E-state index in [1.54, 1.807) is 7.11 Å². The number of benzene rings is 1. The summed E-state index contributed by atoms with van der Waals surface area (Å²) in [5.74, 6) is 0.906. The van der Waals surface area contributed by atoms with Gasteiger partial charge in [-0.1, -0.05) is 18.2 Å². The Labute approximate surface area is 126 Å². The Hall–Kier alpha value is -1.87. The molecule has 1 aliphatic carbocycles. The van der Waals surface area contributed by atoms with Crippen LogP contribution in [0.15, 0.2) is 42.6 Å². The van der Waals surface area contributed by atoms with E-state index in [2.05, 4.69) is 35.4 Å². The van der Waals surface area contributed by atoms with E-state index in [0.717, 1.165) is 18.6 Å². The zero-order valence-corrected chi connectivity index (χ0v) is 12.7. The van der Waals surface area contributed by atoms with Gasteiger partial charge in [-0.2, -0.15) is 0 Å². The number of hydrogen-bond acceptors (Lipinski definition) is 3. The number of ether oxygens (including phenoxy) is 1. The molecule has 3 rings (SSSR count). The smallest absolute Gasteiger partial charge is 0.119 e. The van der Waals surface area contributed by atoms with Gasteiger partial charge in [0.1, 0.15) is 5.75 Å². The summed E-state index contributed by atoms with van der Waals surface area (Å²) >= 11 is 0. The summed E-state index contributed by atoms with van der Waals surface area (Å²) in [5, 5.41) is 3.72. The molecule has 2 unspecified atom stereocenters. The predicted molar refractivity (Wildman–Crippen MR) is 84.5 cm³/mol. The Bertz CT molecular complexity index is 612. The number of rotatable bonds is 4. The van der Waals surface area contributed by atoms with Gasteiger partial charge in [0, 0.05) is 12.2 Å².